The third-order valence-electron chi connectivity index (χ3n) is 10.4. The van der Waals surface area contributed by atoms with Gasteiger partial charge in [-0.3, -0.25) is 28.0 Å². The number of hydrogen-bond acceptors (Lipinski definition) is 11. The molecule has 312 valence electrons. The number of benzene rings is 2. The summed E-state index contributed by atoms with van der Waals surface area (Å²) < 4.78 is 32.4. The molecule has 3 aliphatic rings. The van der Waals surface area contributed by atoms with Gasteiger partial charge in [-0.25, -0.2) is 24.0 Å². The lowest BCUT2D eigenvalue weighted by Gasteiger charge is -2.37. The summed E-state index contributed by atoms with van der Waals surface area (Å²) in [5.41, 5.74) is 1.87. The standard InChI is InChI=1S/C24H31N3O6.C19H19N3O4/c1-6-32-21(28)20-19-14-26(23(30)33-24(2,3)4)18(15-7-8-15)13-25(19)22(29)27(20)16-9-11-17(31-5)12-10-16;1-3-26-18(23)17-16-10-20-15(12-4-5-12)11-21(16)19(24)22(17)13-6-8-14(25-2)9-7-13/h9-12,15,18H,6-8,13-14H2,1-5H3;6-12H,3-5H2,1-2H3. The van der Waals surface area contributed by atoms with E-state index >= 15 is 0 Å². The number of aromatic nitrogens is 5. The van der Waals surface area contributed by atoms with Crippen LogP contribution < -0.4 is 20.9 Å². The summed E-state index contributed by atoms with van der Waals surface area (Å²) in [5, 5.41) is 0. The second-order valence-corrected chi connectivity index (χ2v) is 15.7. The number of imidazole rings is 2. The van der Waals surface area contributed by atoms with Crippen molar-refractivity contribution in [3.63, 3.8) is 0 Å². The molecule has 0 N–H and O–H groups in total. The molecule has 2 saturated carbocycles. The number of carbonyl (C=O) groups is 3. The molecule has 16 heteroatoms. The van der Waals surface area contributed by atoms with Gasteiger partial charge in [0, 0.05) is 18.7 Å². The Morgan fingerprint density at radius 1 is 0.763 bits per heavy atom. The van der Waals surface area contributed by atoms with Gasteiger partial charge in [-0.15, -0.1) is 0 Å². The highest BCUT2D eigenvalue weighted by Crippen LogP contribution is 2.40. The lowest BCUT2D eigenvalue weighted by molar-refractivity contribution is 0.00395. The van der Waals surface area contributed by atoms with Crippen LogP contribution in [0.2, 0.25) is 0 Å². The van der Waals surface area contributed by atoms with E-state index in [2.05, 4.69) is 4.98 Å². The molecule has 2 aromatic carbocycles. The van der Waals surface area contributed by atoms with Crippen molar-refractivity contribution >= 4 is 23.5 Å². The highest BCUT2D eigenvalue weighted by atomic mass is 16.6. The van der Waals surface area contributed by atoms with Gasteiger partial charge in [0.25, 0.3) is 0 Å². The third kappa shape index (κ3) is 8.34. The zero-order valence-corrected chi connectivity index (χ0v) is 34.4. The van der Waals surface area contributed by atoms with Crippen LogP contribution in [0.25, 0.3) is 16.9 Å². The van der Waals surface area contributed by atoms with Crippen LogP contribution in [0.5, 0.6) is 11.5 Å². The summed E-state index contributed by atoms with van der Waals surface area (Å²) in [4.78, 5) is 71.4. The maximum absolute atomic E-state index is 13.5. The van der Waals surface area contributed by atoms with E-state index in [0.29, 0.717) is 52.5 Å². The van der Waals surface area contributed by atoms with E-state index < -0.39 is 23.6 Å². The zero-order valence-electron chi connectivity index (χ0n) is 34.4. The second-order valence-electron chi connectivity index (χ2n) is 15.7. The quantitative estimate of drug-likeness (QED) is 0.122. The van der Waals surface area contributed by atoms with Gasteiger partial charge in [0.1, 0.15) is 22.6 Å². The first-order valence-electron chi connectivity index (χ1n) is 19.9. The van der Waals surface area contributed by atoms with Gasteiger partial charge in [0.2, 0.25) is 0 Å². The number of ether oxygens (including phenoxy) is 5. The molecule has 1 aliphatic heterocycles. The maximum atomic E-state index is 13.5. The average molecular weight is 811 g/mol. The van der Waals surface area contributed by atoms with Crippen molar-refractivity contribution in [2.75, 3.05) is 27.4 Å². The largest absolute Gasteiger partial charge is 0.497 e. The molecule has 1 atom stereocenters. The average Bonchev–Trinajstić information content (AvgIpc) is 4.17. The molecule has 0 saturated heterocycles. The summed E-state index contributed by atoms with van der Waals surface area (Å²) in [6.07, 6.45) is 7.04. The molecule has 59 heavy (non-hydrogen) atoms. The molecular weight excluding hydrogens is 761 g/mol. The van der Waals surface area contributed by atoms with Crippen LogP contribution in [0.1, 0.15) is 98.6 Å². The predicted molar refractivity (Wildman–Crippen MR) is 216 cm³/mol. The van der Waals surface area contributed by atoms with E-state index in [-0.39, 0.29) is 48.6 Å². The number of hydrogen-bond donors (Lipinski definition) is 0. The Hall–Kier alpha value is -6.32. The Kier molecular flexibility index (Phi) is 11.4. The molecule has 2 aliphatic carbocycles. The van der Waals surface area contributed by atoms with Crippen molar-refractivity contribution < 1.29 is 38.1 Å². The van der Waals surface area contributed by atoms with E-state index in [0.717, 1.165) is 31.4 Å². The number of carbonyl (C=O) groups excluding carboxylic acids is 3. The van der Waals surface area contributed by atoms with Gasteiger partial charge in [-0.05, 0) is 115 Å². The van der Waals surface area contributed by atoms with Crippen LogP contribution in [-0.4, -0.2) is 85.1 Å². The number of rotatable bonds is 10. The van der Waals surface area contributed by atoms with Crippen LogP contribution in [0.15, 0.2) is 70.5 Å². The minimum absolute atomic E-state index is 0.0998. The normalized spacial score (nSPS) is 16.1. The maximum Gasteiger partial charge on any atom is 0.410 e. The molecule has 2 fully saturated rings. The molecule has 1 unspecified atom stereocenters. The van der Waals surface area contributed by atoms with Crippen molar-refractivity contribution in [3.8, 4) is 22.9 Å². The van der Waals surface area contributed by atoms with E-state index in [4.69, 9.17) is 23.7 Å². The number of fused-ring (bicyclic) bond motifs is 2. The van der Waals surface area contributed by atoms with E-state index in [1.807, 2.05) is 20.8 Å². The third-order valence-corrected chi connectivity index (χ3v) is 10.4. The van der Waals surface area contributed by atoms with Gasteiger partial charge in [-0.2, -0.15) is 0 Å². The smallest absolute Gasteiger partial charge is 0.410 e. The van der Waals surface area contributed by atoms with Gasteiger partial charge in [0.15, 0.2) is 11.4 Å². The minimum atomic E-state index is -0.651. The molecule has 5 aromatic rings. The zero-order chi connectivity index (χ0) is 42.2. The lowest BCUT2D eigenvalue weighted by Crippen LogP contribution is -2.50. The molecule has 0 radical (unpaired) electrons. The highest BCUT2D eigenvalue weighted by molar-refractivity contribution is 5.96. The molecule has 4 heterocycles. The first-order valence-corrected chi connectivity index (χ1v) is 19.9. The van der Waals surface area contributed by atoms with Crippen molar-refractivity contribution in [3.05, 3.63) is 105 Å². The Balaban J connectivity index is 0.000000184. The van der Waals surface area contributed by atoms with Crippen molar-refractivity contribution in [2.45, 2.75) is 91.0 Å². The van der Waals surface area contributed by atoms with Crippen LogP contribution in [0.4, 0.5) is 4.79 Å². The van der Waals surface area contributed by atoms with Crippen LogP contribution >= 0.6 is 0 Å². The SMILES string of the molecule is CCOC(=O)c1c2cnc(C3CC3)cn2c(=O)n1-c1ccc(OC)cc1.CCOC(=O)c1c2n(c(=O)n1-c1ccc(OC)cc1)CC(C1CC1)N(C(=O)OC(C)(C)C)C2. The van der Waals surface area contributed by atoms with E-state index in [9.17, 15) is 24.0 Å². The van der Waals surface area contributed by atoms with E-state index in [1.54, 1.807) is 98.5 Å². The number of esters is 2. The Labute approximate surface area is 340 Å². The Morgan fingerprint density at radius 2 is 1.31 bits per heavy atom. The summed E-state index contributed by atoms with van der Waals surface area (Å²) in [6, 6.07) is 13.7. The summed E-state index contributed by atoms with van der Waals surface area (Å²) >= 11 is 0. The van der Waals surface area contributed by atoms with Gasteiger partial charge in [0.05, 0.1) is 69.0 Å². The van der Waals surface area contributed by atoms with Gasteiger partial charge in [-0.1, -0.05) is 0 Å². The van der Waals surface area contributed by atoms with Crippen LogP contribution in [0.3, 0.4) is 0 Å². The Bertz CT molecular complexity index is 2480. The van der Waals surface area contributed by atoms with Crippen LogP contribution in [-0.2, 0) is 27.3 Å². The highest BCUT2D eigenvalue weighted by Gasteiger charge is 2.45. The van der Waals surface area contributed by atoms with E-state index in [1.165, 1.54) is 13.5 Å². The number of methoxy groups -OCH3 is 2. The molecule has 16 nitrogen and oxygen atoms in total. The summed E-state index contributed by atoms with van der Waals surface area (Å²) in [7, 11) is 3.13. The first kappa shape index (κ1) is 40.9. The van der Waals surface area contributed by atoms with Gasteiger partial charge >= 0.3 is 29.4 Å². The monoisotopic (exact) mass is 810 g/mol. The fraction of sp³-hybridized carbons (Fsp3) is 0.442. The number of amides is 1. The molecule has 0 bridgehead atoms. The van der Waals surface area contributed by atoms with Crippen molar-refractivity contribution in [1.82, 2.24) is 28.0 Å². The Morgan fingerprint density at radius 3 is 1.80 bits per heavy atom. The van der Waals surface area contributed by atoms with Crippen molar-refractivity contribution in [1.29, 1.82) is 0 Å². The first-order chi connectivity index (χ1) is 28.3. The van der Waals surface area contributed by atoms with Crippen LogP contribution in [0, 0.1) is 5.92 Å². The molecule has 8 rings (SSSR count). The number of nitrogens with zero attached hydrogens (tertiary/aromatic N) is 6. The molecule has 1 amide bonds. The molecular formula is C43H50N6O10. The minimum Gasteiger partial charge on any atom is -0.497 e. The molecule has 3 aromatic heterocycles. The second kappa shape index (κ2) is 16.5. The predicted octanol–water partition coefficient (Wildman–Crippen LogP) is 5.90. The summed E-state index contributed by atoms with van der Waals surface area (Å²) in [5.74, 6) is 0.867. The van der Waals surface area contributed by atoms with Gasteiger partial charge < -0.3 is 23.7 Å². The fourth-order valence-electron chi connectivity index (χ4n) is 7.33. The lowest BCUT2D eigenvalue weighted by atomic mass is 10.1. The topological polar surface area (TPSA) is 167 Å². The fourth-order valence-corrected chi connectivity index (χ4v) is 7.33. The van der Waals surface area contributed by atoms with Crippen molar-refractivity contribution in [2.24, 2.45) is 5.92 Å². The summed E-state index contributed by atoms with van der Waals surface area (Å²) in [6.45, 7) is 9.71. The molecule has 0 spiro atoms.